The second kappa shape index (κ2) is 9.31. The van der Waals surface area contributed by atoms with Gasteiger partial charge in [0.25, 0.3) is 0 Å². The number of anilines is 1. The molecule has 156 valence electrons. The van der Waals surface area contributed by atoms with Crippen LogP contribution in [0.3, 0.4) is 0 Å². The third kappa shape index (κ3) is 4.67. The summed E-state index contributed by atoms with van der Waals surface area (Å²) in [5.74, 6) is 2.03. The van der Waals surface area contributed by atoms with Crippen molar-refractivity contribution < 1.29 is 4.79 Å². The van der Waals surface area contributed by atoms with Gasteiger partial charge in [-0.1, -0.05) is 39.0 Å². The van der Waals surface area contributed by atoms with E-state index >= 15 is 0 Å². The maximum absolute atomic E-state index is 12.6. The first-order valence-corrected chi connectivity index (χ1v) is 12.1. The monoisotopic (exact) mass is 431 g/mol. The highest BCUT2D eigenvalue weighted by molar-refractivity contribution is 7.99. The molecule has 1 N–H and O–H groups in total. The number of hydrogen-bond acceptors (Lipinski definition) is 6. The maximum atomic E-state index is 12.6. The Labute approximate surface area is 181 Å². The van der Waals surface area contributed by atoms with Crippen LogP contribution in [0.1, 0.15) is 81.2 Å². The Balaban J connectivity index is 1.70. The van der Waals surface area contributed by atoms with E-state index in [1.165, 1.54) is 16.6 Å². The number of nitriles is 1. The fourth-order valence-electron chi connectivity index (χ4n) is 3.77. The van der Waals surface area contributed by atoms with E-state index in [0.29, 0.717) is 16.5 Å². The van der Waals surface area contributed by atoms with E-state index in [2.05, 4.69) is 60.8 Å². The van der Waals surface area contributed by atoms with Gasteiger partial charge in [-0.05, 0) is 44.6 Å². The Morgan fingerprint density at radius 3 is 2.76 bits per heavy atom. The molecule has 0 bridgehead atoms. The van der Waals surface area contributed by atoms with Crippen LogP contribution < -0.4 is 5.32 Å². The van der Waals surface area contributed by atoms with E-state index in [4.69, 9.17) is 0 Å². The van der Waals surface area contributed by atoms with E-state index in [-0.39, 0.29) is 23.6 Å². The number of rotatable bonds is 7. The maximum Gasteiger partial charge on any atom is 0.235 e. The van der Waals surface area contributed by atoms with Crippen molar-refractivity contribution in [2.75, 3.05) is 11.1 Å². The number of hydrogen-bond donors (Lipinski definition) is 1. The lowest BCUT2D eigenvalue weighted by atomic mass is 9.86. The van der Waals surface area contributed by atoms with Gasteiger partial charge in [-0.25, -0.2) is 0 Å². The Bertz CT molecular complexity index is 922. The number of fused-ring (bicyclic) bond motifs is 1. The molecule has 1 aliphatic carbocycles. The average molecular weight is 432 g/mol. The van der Waals surface area contributed by atoms with Gasteiger partial charge in [-0.15, -0.1) is 21.5 Å². The van der Waals surface area contributed by atoms with Crippen molar-refractivity contribution in [3.05, 3.63) is 21.8 Å². The van der Waals surface area contributed by atoms with Crippen molar-refractivity contribution >= 4 is 34.0 Å². The molecule has 6 nitrogen and oxygen atoms in total. The summed E-state index contributed by atoms with van der Waals surface area (Å²) >= 11 is 2.97. The summed E-state index contributed by atoms with van der Waals surface area (Å²) in [7, 11) is 0. The van der Waals surface area contributed by atoms with E-state index in [0.717, 1.165) is 42.2 Å². The standard InChI is InChI=1S/C21H29N5OS2/c1-6-14-7-8-15-16(10-22)20(29-17(15)9-14)23-18(27)11-28-21-25-24-19(12(2)3)26(21)13(4)5/h12-14H,6-9,11H2,1-5H3,(H,23,27). The van der Waals surface area contributed by atoms with Gasteiger partial charge in [0.1, 0.15) is 16.9 Å². The smallest absolute Gasteiger partial charge is 0.235 e. The van der Waals surface area contributed by atoms with E-state index in [9.17, 15) is 10.1 Å². The summed E-state index contributed by atoms with van der Waals surface area (Å²) in [6.07, 6.45) is 4.24. The minimum absolute atomic E-state index is 0.110. The van der Waals surface area contributed by atoms with E-state index < -0.39 is 0 Å². The molecule has 0 aromatic carbocycles. The van der Waals surface area contributed by atoms with Gasteiger partial charge in [0.2, 0.25) is 5.91 Å². The quantitative estimate of drug-likeness (QED) is 0.612. The molecular formula is C21H29N5OS2. The number of amides is 1. The lowest BCUT2D eigenvalue weighted by molar-refractivity contribution is -0.113. The molecule has 1 unspecified atom stereocenters. The second-order valence-corrected chi connectivity index (χ2v) is 10.2. The fourth-order valence-corrected chi connectivity index (χ4v) is 5.97. The minimum atomic E-state index is -0.110. The minimum Gasteiger partial charge on any atom is -0.316 e. The Kier molecular flexibility index (Phi) is 7.01. The van der Waals surface area contributed by atoms with Gasteiger partial charge >= 0.3 is 0 Å². The first-order valence-electron chi connectivity index (χ1n) is 10.3. The van der Waals surface area contributed by atoms with Gasteiger partial charge in [0.05, 0.1) is 11.3 Å². The van der Waals surface area contributed by atoms with Crippen molar-refractivity contribution in [2.45, 2.75) is 77.4 Å². The third-order valence-electron chi connectivity index (χ3n) is 5.37. The van der Waals surface area contributed by atoms with Gasteiger partial charge in [-0.2, -0.15) is 5.26 Å². The second-order valence-electron chi connectivity index (χ2n) is 8.13. The van der Waals surface area contributed by atoms with Gasteiger partial charge in [0.15, 0.2) is 5.16 Å². The number of thioether (sulfide) groups is 1. The van der Waals surface area contributed by atoms with Crippen LogP contribution in [-0.4, -0.2) is 26.4 Å². The molecule has 0 saturated heterocycles. The molecular weight excluding hydrogens is 402 g/mol. The molecule has 29 heavy (non-hydrogen) atoms. The van der Waals surface area contributed by atoms with Crippen molar-refractivity contribution in [3.8, 4) is 6.07 Å². The van der Waals surface area contributed by atoms with Crippen molar-refractivity contribution in [1.29, 1.82) is 5.26 Å². The summed E-state index contributed by atoms with van der Waals surface area (Å²) in [5, 5.41) is 22.7. The first-order chi connectivity index (χ1) is 13.8. The van der Waals surface area contributed by atoms with Crippen LogP contribution in [0.2, 0.25) is 0 Å². The molecule has 0 spiro atoms. The Morgan fingerprint density at radius 2 is 2.14 bits per heavy atom. The predicted molar refractivity (Wildman–Crippen MR) is 119 cm³/mol. The molecule has 0 aliphatic heterocycles. The van der Waals surface area contributed by atoms with Crippen LogP contribution in [0.25, 0.3) is 0 Å². The molecule has 8 heteroatoms. The number of thiophene rings is 1. The largest absolute Gasteiger partial charge is 0.316 e. The molecule has 1 aliphatic rings. The van der Waals surface area contributed by atoms with Crippen molar-refractivity contribution in [2.24, 2.45) is 5.92 Å². The first kappa shape index (κ1) is 21.8. The summed E-state index contributed by atoms with van der Waals surface area (Å²) in [6, 6.07) is 2.55. The van der Waals surface area contributed by atoms with Crippen LogP contribution in [0.4, 0.5) is 5.00 Å². The zero-order valence-corrected chi connectivity index (χ0v) is 19.4. The fraction of sp³-hybridized carbons (Fsp3) is 0.619. The normalized spacial score (nSPS) is 16.1. The Morgan fingerprint density at radius 1 is 1.38 bits per heavy atom. The van der Waals surface area contributed by atoms with E-state index in [1.54, 1.807) is 11.3 Å². The number of carbonyl (C=O) groups excluding carboxylic acids is 1. The number of aromatic nitrogens is 3. The molecule has 0 saturated carbocycles. The number of nitrogens with one attached hydrogen (secondary N) is 1. The van der Waals surface area contributed by atoms with Crippen LogP contribution >= 0.6 is 23.1 Å². The molecule has 0 radical (unpaired) electrons. The van der Waals surface area contributed by atoms with Crippen molar-refractivity contribution in [1.82, 2.24) is 14.8 Å². The Hall–Kier alpha value is -1.85. The number of carbonyl (C=O) groups is 1. The zero-order chi connectivity index (χ0) is 21.1. The molecule has 3 rings (SSSR count). The molecule has 1 amide bonds. The summed E-state index contributed by atoms with van der Waals surface area (Å²) < 4.78 is 2.10. The van der Waals surface area contributed by atoms with Crippen LogP contribution in [0.15, 0.2) is 5.16 Å². The van der Waals surface area contributed by atoms with Gasteiger partial charge in [0, 0.05) is 16.8 Å². The number of nitrogens with zero attached hydrogens (tertiary/aromatic N) is 4. The SMILES string of the molecule is CCC1CCc2c(sc(NC(=O)CSc3nnc(C(C)C)n3C(C)C)c2C#N)C1. The van der Waals surface area contributed by atoms with E-state index in [1.807, 2.05) is 0 Å². The van der Waals surface area contributed by atoms with Crippen LogP contribution in [0.5, 0.6) is 0 Å². The average Bonchev–Trinajstić information content (AvgIpc) is 3.26. The summed E-state index contributed by atoms with van der Waals surface area (Å²) in [5.41, 5.74) is 1.80. The van der Waals surface area contributed by atoms with Crippen molar-refractivity contribution in [3.63, 3.8) is 0 Å². The molecule has 2 aromatic rings. The van der Waals surface area contributed by atoms with Gasteiger partial charge in [-0.3, -0.25) is 4.79 Å². The summed E-state index contributed by atoms with van der Waals surface area (Å²) in [4.78, 5) is 13.9. The highest BCUT2D eigenvalue weighted by Gasteiger charge is 2.26. The topological polar surface area (TPSA) is 83.6 Å². The highest BCUT2D eigenvalue weighted by Crippen LogP contribution is 2.40. The predicted octanol–water partition coefficient (Wildman–Crippen LogP) is 5.16. The van der Waals surface area contributed by atoms with Gasteiger partial charge < -0.3 is 9.88 Å². The molecule has 2 heterocycles. The van der Waals surface area contributed by atoms with Crippen LogP contribution in [0, 0.1) is 17.2 Å². The molecule has 2 aromatic heterocycles. The lowest BCUT2D eigenvalue weighted by Crippen LogP contribution is -2.15. The van der Waals surface area contributed by atoms with Crippen LogP contribution in [-0.2, 0) is 17.6 Å². The third-order valence-corrected chi connectivity index (χ3v) is 7.48. The molecule has 1 atom stereocenters. The highest BCUT2D eigenvalue weighted by atomic mass is 32.2. The lowest BCUT2D eigenvalue weighted by Gasteiger charge is -2.20. The zero-order valence-electron chi connectivity index (χ0n) is 17.8. The molecule has 0 fully saturated rings. The summed E-state index contributed by atoms with van der Waals surface area (Å²) in [6.45, 7) is 10.6.